The van der Waals surface area contributed by atoms with Crippen LogP contribution < -0.4 is 9.64 Å². The number of benzene rings is 2. The van der Waals surface area contributed by atoms with Gasteiger partial charge in [0.15, 0.2) is 5.76 Å². The van der Waals surface area contributed by atoms with Crippen molar-refractivity contribution < 1.29 is 18.7 Å². The van der Waals surface area contributed by atoms with Crippen molar-refractivity contribution in [2.75, 3.05) is 4.90 Å². The normalized spacial score (nSPS) is 16.4. The van der Waals surface area contributed by atoms with Gasteiger partial charge in [-0.25, -0.2) is 4.90 Å². The summed E-state index contributed by atoms with van der Waals surface area (Å²) in [6, 6.07) is 19.8. The minimum absolute atomic E-state index is 0.0817. The number of fused-ring (bicyclic) bond motifs is 1. The van der Waals surface area contributed by atoms with Gasteiger partial charge in [-0.2, -0.15) is 0 Å². The van der Waals surface area contributed by atoms with Crippen LogP contribution in [-0.4, -0.2) is 11.8 Å². The first-order valence-corrected chi connectivity index (χ1v) is 7.95. The van der Waals surface area contributed by atoms with Crippen LogP contribution in [-0.2, 0) is 4.79 Å². The number of nitrogens with zero attached hydrogens (tertiary/aromatic N) is 1. The van der Waals surface area contributed by atoms with Crippen molar-refractivity contribution in [3.05, 3.63) is 84.3 Å². The maximum Gasteiger partial charge on any atom is 0.300 e. The third-order valence-corrected chi connectivity index (χ3v) is 4.09. The molecule has 1 aliphatic heterocycles. The number of para-hydroxylation sites is 2. The van der Waals surface area contributed by atoms with E-state index in [1.54, 1.807) is 24.3 Å². The molecule has 0 fully saturated rings. The van der Waals surface area contributed by atoms with Crippen LogP contribution in [0.1, 0.15) is 28.6 Å². The first-order chi connectivity index (χ1) is 12.2. The molecule has 5 heteroatoms. The van der Waals surface area contributed by atoms with E-state index in [4.69, 9.17) is 9.15 Å². The van der Waals surface area contributed by atoms with Crippen molar-refractivity contribution in [3.63, 3.8) is 0 Å². The lowest BCUT2D eigenvalue weighted by Gasteiger charge is -2.32. The van der Waals surface area contributed by atoms with E-state index < -0.39 is 12.0 Å². The molecule has 3 aromatic rings. The number of anilines is 1. The van der Waals surface area contributed by atoms with Gasteiger partial charge in [-0.15, -0.1) is 0 Å². The van der Waals surface area contributed by atoms with E-state index in [0.717, 1.165) is 5.56 Å². The molecular weight excluding hydrogens is 318 g/mol. The van der Waals surface area contributed by atoms with Gasteiger partial charge in [-0.1, -0.05) is 36.4 Å². The molecule has 2 aromatic carbocycles. The zero-order valence-corrected chi connectivity index (χ0v) is 13.3. The maximum absolute atomic E-state index is 12.7. The predicted octanol–water partition coefficient (Wildman–Crippen LogP) is 3.98. The Morgan fingerprint density at radius 1 is 1.00 bits per heavy atom. The molecule has 0 aliphatic carbocycles. The van der Waals surface area contributed by atoms with E-state index in [-0.39, 0.29) is 18.1 Å². The highest BCUT2D eigenvalue weighted by molar-refractivity contribution is 6.21. The molecule has 0 saturated carbocycles. The Morgan fingerprint density at radius 3 is 2.52 bits per heavy atom. The lowest BCUT2D eigenvalue weighted by molar-refractivity contribution is -0.120. The summed E-state index contributed by atoms with van der Waals surface area (Å²) in [6.45, 7) is 0. The van der Waals surface area contributed by atoms with Crippen LogP contribution in [0, 0.1) is 0 Å². The molecule has 0 spiro atoms. The molecule has 2 heterocycles. The summed E-state index contributed by atoms with van der Waals surface area (Å²) in [7, 11) is 0. The largest absolute Gasteiger partial charge is 0.485 e. The smallest absolute Gasteiger partial charge is 0.300 e. The summed E-state index contributed by atoms with van der Waals surface area (Å²) in [5.74, 6) is 0.0214. The lowest BCUT2D eigenvalue weighted by atomic mass is 9.97. The van der Waals surface area contributed by atoms with Crippen LogP contribution in [0.25, 0.3) is 0 Å². The third-order valence-electron chi connectivity index (χ3n) is 4.09. The average Bonchev–Trinajstić information content (AvgIpc) is 3.17. The SMILES string of the molecule is O=C1CC(Oc2ccccc2)c2ccccc2N1C(=O)c1ccco1. The number of carbonyl (C=O) groups is 2. The van der Waals surface area contributed by atoms with Gasteiger partial charge in [0.1, 0.15) is 11.9 Å². The highest BCUT2D eigenvalue weighted by Gasteiger charge is 2.37. The molecule has 1 aromatic heterocycles. The molecule has 0 N–H and O–H groups in total. The van der Waals surface area contributed by atoms with Crippen molar-refractivity contribution in [3.8, 4) is 5.75 Å². The van der Waals surface area contributed by atoms with Gasteiger partial charge in [0.05, 0.1) is 18.4 Å². The van der Waals surface area contributed by atoms with Gasteiger partial charge < -0.3 is 9.15 Å². The Hall–Kier alpha value is -3.34. The van der Waals surface area contributed by atoms with Crippen LogP contribution in [0.3, 0.4) is 0 Å². The zero-order chi connectivity index (χ0) is 17.2. The molecule has 2 amide bonds. The minimum Gasteiger partial charge on any atom is -0.485 e. The summed E-state index contributed by atoms with van der Waals surface area (Å²) in [4.78, 5) is 26.5. The molecule has 0 bridgehead atoms. The second-order valence-electron chi connectivity index (χ2n) is 5.69. The summed E-state index contributed by atoms with van der Waals surface area (Å²) in [5.41, 5.74) is 1.33. The van der Waals surface area contributed by atoms with Crippen LogP contribution in [0.2, 0.25) is 0 Å². The fourth-order valence-corrected chi connectivity index (χ4v) is 2.96. The van der Waals surface area contributed by atoms with Crippen molar-refractivity contribution in [2.45, 2.75) is 12.5 Å². The number of furan rings is 1. The second kappa shape index (κ2) is 6.28. The molecule has 124 valence electrons. The quantitative estimate of drug-likeness (QED) is 0.680. The molecule has 1 atom stereocenters. The lowest BCUT2D eigenvalue weighted by Crippen LogP contribution is -2.42. The Morgan fingerprint density at radius 2 is 1.76 bits per heavy atom. The standard InChI is InChI=1S/C20H15NO4/c22-19-13-18(25-14-7-2-1-3-8-14)15-9-4-5-10-16(15)21(19)20(23)17-11-6-12-24-17/h1-12,18H,13H2. The monoisotopic (exact) mass is 333 g/mol. The topological polar surface area (TPSA) is 59.8 Å². The molecule has 1 unspecified atom stereocenters. The Bertz CT molecular complexity index is 902. The minimum atomic E-state index is -0.472. The van der Waals surface area contributed by atoms with Gasteiger partial charge in [0, 0.05) is 5.56 Å². The summed E-state index contributed by atoms with van der Waals surface area (Å²) in [6.07, 6.45) is 1.06. The van der Waals surface area contributed by atoms with Crippen molar-refractivity contribution >= 4 is 17.5 Å². The average molecular weight is 333 g/mol. The van der Waals surface area contributed by atoms with Gasteiger partial charge in [-0.3, -0.25) is 9.59 Å². The van der Waals surface area contributed by atoms with E-state index >= 15 is 0 Å². The molecule has 4 rings (SSSR count). The summed E-state index contributed by atoms with van der Waals surface area (Å²) in [5, 5.41) is 0. The van der Waals surface area contributed by atoms with Gasteiger partial charge in [0.2, 0.25) is 5.91 Å². The van der Waals surface area contributed by atoms with Crippen LogP contribution >= 0.6 is 0 Å². The van der Waals surface area contributed by atoms with Gasteiger partial charge >= 0.3 is 5.91 Å². The van der Waals surface area contributed by atoms with Crippen LogP contribution in [0.5, 0.6) is 5.75 Å². The highest BCUT2D eigenvalue weighted by Crippen LogP contribution is 2.38. The number of hydrogen-bond donors (Lipinski definition) is 0. The van der Waals surface area contributed by atoms with Crippen molar-refractivity contribution in [1.29, 1.82) is 0 Å². The Kier molecular flexibility index (Phi) is 3.82. The molecule has 25 heavy (non-hydrogen) atoms. The number of hydrogen-bond acceptors (Lipinski definition) is 4. The summed E-state index contributed by atoms with van der Waals surface area (Å²) >= 11 is 0. The molecule has 0 radical (unpaired) electrons. The number of ether oxygens (including phenoxy) is 1. The van der Waals surface area contributed by atoms with Gasteiger partial charge in [0.25, 0.3) is 0 Å². The number of carbonyl (C=O) groups excluding carboxylic acids is 2. The molecular formula is C20H15NO4. The van der Waals surface area contributed by atoms with E-state index in [0.29, 0.717) is 11.4 Å². The van der Waals surface area contributed by atoms with Crippen LogP contribution in [0.4, 0.5) is 5.69 Å². The third kappa shape index (κ3) is 2.80. The maximum atomic E-state index is 12.7. The Balaban J connectivity index is 1.71. The number of rotatable bonds is 3. The zero-order valence-electron chi connectivity index (χ0n) is 13.3. The van der Waals surface area contributed by atoms with Crippen LogP contribution in [0.15, 0.2) is 77.4 Å². The van der Waals surface area contributed by atoms with E-state index in [9.17, 15) is 9.59 Å². The fraction of sp³-hybridized carbons (Fsp3) is 0.100. The van der Waals surface area contributed by atoms with E-state index in [2.05, 4.69) is 0 Å². The van der Waals surface area contributed by atoms with Crippen molar-refractivity contribution in [1.82, 2.24) is 0 Å². The number of imide groups is 1. The second-order valence-corrected chi connectivity index (χ2v) is 5.69. The number of amides is 2. The predicted molar refractivity (Wildman–Crippen MR) is 91.4 cm³/mol. The first-order valence-electron chi connectivity index (χ1n) is 7.95. The summed E-state index contributed by atoms with van der Waals surface area (Å²) < 4.78 is 11.1. The molecule has 1 aliphatic rings. The molecule has 5 nitrogen and oxygen atoms in total. The van der Waals surface area contributed by atoms with Gasteiger partial charge in [-0.05, 0) is 30.3 Å². The highest BCUT2D eigenvalue weighted by atomic mass is 16.5. The van der Waals surface area contributed by atoms with E-state index in [1.807, 2.05) is 42.5 Å². The molecule has 0 saturated heterocycles. The Labute approximate surface area is 144 Å². The first kappa shape index (κ1) is 15.2. The van der Waals surface area contributed by atoms with E-state index in [1.165, 1.54) is 11.2 Å². The van der Waals surface area contributed by atoms with Crippen molar-refractivity contribution in [2.24, 2.45) is 0 Å². The fourth-order valence-electron chi connectivity index (χ4n) is 2.96.